The van der Waals surface area contributed by atoms with E-state index in [1.54, 1.807) is 20.2 Å². The van der Waals surface area contributed by atoms with Crippen LogP contribution in [-0.2, 0) is 11.4 Å². The molecule has 1 amide bonds. The molecular formula is C16H21F2N5O3. The van der Waals surface area contributed by atoms with Gasteiger partial charge in [-0.2, -0.15) is 5.53 Å². The van der Waals surface area contributed by atoms with Crippen molar-refractivity contribution in [3.63, 3.8) is 0 Å². The van der Waals surface area contributed by atoms with E-state index < -0.39 is 6.43 Å². The minimum atomic E-state index is -2.62. The molecule has 0 fully saturated rings. The van der Waals surface area contributed by atoms with Crippen LogP contribution in [0.3, 0.4) is 0 Å². The van der Waals surface area contributed by atoms with E-state index in [1.807, 2.05) is 29.2 Å². The van der Waals surface area contributed by atoms with Crippen LogP contribution in [0, 0.1) is 0 Å². The number of hydrogen-bond acceptors (Lipinski definition) is 7. The minimum Gasteiger partial charge on any atom is -0.496 e. The number of hydrogen-bond donors (Lipinski definition) is 4. The Morgan fingerprint density at radius 2 is 2.00 bits per heavy atom. The van der Waals surface area contributed by atoms with Crippen molar-refractivity contribution in [3.05, 3.63) is 47.7 Å². The average Bonchev–Trinajstić information content (AvgIpc) is 2.67. The highest BCUT2D eigenvalue weighted by molar-refractivity contribution is 5.57. The summed E-state index contributed by atoms with van der Waals surface area (Å²) >= 11 is 0. The quantitative estimate of drug-likeness (QED) is 0.319. The summed E-state index contributed by atoms with van der Waals surface area (Å²) in [6.45, 7) is 0.167. The number of aromatic nitrogens is 1. The van der Waals surface area contributed by atoms with Crippen LogP contribution in [0.1, 0.15) is 17.7 Å². The number of carbonyl (C=O) groups is 1. The number of hydrazine groups is 2. The largest absolute Gasteiger partial charge is 0.496 e. The van der Waals surface area contributed by atoms with Crippen LogP contribution in [0.25, 0.3) is 0 Å². The molecule has 0 unspecified atom stereocenters. The van der Waals surface area contributed by atoms with E-state index in [4.69, 9.17) is 14.3 Å². The normalized spacial score (nSPS) is 9.77. The molecule has 2 rings (SSSR count). The van der Waals surface area contributed by atoms with Crippen molar-refractivity contribution in [1.29, 1.82) is 0 Å². The molecule has 142 valence electrons. The van der Waals surface area contributed by atoms with E-state index >= 15 is 0 Å². The molecule has 2 aromatic rings. The van der Waals surface area contributed by atoms with E-state index in [1.165, 1.54) is 12.1 Å². The molecule has 0 bridgehead atoms. The molecule has 0 spiro atoms. The van der Waals surface area contributed by atoms with Crippen molar-refractivity contribution in [2.45, 2.75) is 13.0 Å². The lowest BCUT2D eigenvalue weighted by atomic mass is 10.1. The van der Waals surface area contributed by atoms with Crippen LogP contribution >= 0.6 is 0 Å². The second-order valence-corrected chi connectivity index (χ2v) is 4.63. The lowest BCUT2D eigenvalue weighted by Gasteiger charge is -2.14. The van der Waals surface area contributed by atoms with Gasteiger partial charge in [0, 0.05) is 18.8 Å². The summed E-state index contributed by atoms with van der Waals surface area (Å²) in [5.41, 5.74) is 5.20. The Labute approximate surface area is 149 Å². The van der Waals surface area contributed by atoms with Gasteiger partial charge in [0.05, 0.1) is 12.7 Å². The Bertz CT molecular complexity index is 666. The van der Waals surface area contributed by atoms with E-state index in [0.717, 1.165) is 11.3 Å². The Hall–Kier alpha value is -2.98. The summed E-state index contributed by atoms with van der Waals surface area (Å²) in [6.07, 6.45) is -2.17. The predicted molar refractivity (Wildman–Crippen MR) is 92.6 cm³/mol. The third kappa shape index (κ3) is 6.49. The summed E-state index contributed by atoms with van der Waals surface area (Å²) in [6, 6.07) is 9.83. The average molecular weight is 369 g/mol. The highest BCUT2D eigenvalue weighted by Gasteiger charge is 2.12. The van der Waals surface area contributed by atoms with E-state index in [2.05, 4.69) is 16.1 Å². The lowest BCUT2D eigenvalue weighted by Crippen LogP contribution is -2.36. The Kier molecular flexibility index (Phi) is 9.36. The van der Waals surface area contributed by atoms with Crippen LogP contribution in [-0.4, -0.2) is 25.6 Å². The number of pyridine rings is 1. The zero-order valence-electron chi connectivity index (χ0n) is 14.3. The molecule has 0 radical (unpaired) electrons. The van der Waals surface area contributed by atoms with Gasteiger partial charge in [0.1, 0.15) is 18.1 Å². The number of anilines is 1. The molecule has 0 atom stereocenters. The van der Waals surface area contributed by atoms with Gasteiger partial charge in [-0.1, -0.05) is 12.1 Å². The van der Waals surface area contributed by atoms with Gasteiger partial charge in [-0.15, -0.1) is 0 Å². The molecule has 1 aromatic carbocycles. The van der Waals surface area contributed by atoms with Crippen LogP contribution in [0.4, 0.5) is 14.5 Å². The molecule has 0 saturated carbocycles. The highest BCUT2D eigenvalue weighted by Crippen LogP contribution is 2.27. The predicted octanol–water partition coefficient (Wildman–Crippen LogP) is 1.76. The van der Waals surface area contributed by atoms with Gasteiger partial charge in [-0.3, -0.25) is 16.1 Å². The Morgan fingerprint density at radius 3 is 2.54 bits per heavy atom. The van der Waals surface area contributed by atoms with Crippen molar-refractivity contribution < 1.29 is 23.0 Å². The van der Waals surface area contributed by atoms with Crippen molar-refractivity contribution in [2.75, 3.05) is 19.5 Å². The maximum absolute atomic E-state index is 12.6. The number of nitrogens with two attached hydrogens (primary N) is 1. The number of ether oxygens (including phenoxy) is 2. The zero-order valence-corrected chi connectivity index (χ0v) is 14.3. The topological polar surface area (TPSA) is 111 Å². The fourth-order valence-electron chi connectivity index (χ4n) is 1.95. The molecular weight excluding hydrogens is 348 g/mol. The highest BCUT2D eigenvalue weighted by atomic mass is 19.3. The van der Waals surface area contributed by atoms with E-state index in [0.29, 0.717) is 12.2 Å². The number of carbonyl (C=O) groups excluding carboxylic acids is 1. The first kappa shape index (κ1) is 21.1. The first-order valence-corrected chi connectivity index (χ1v) is 7.43. The molecule has 5 N–H and O–H groups in total. The number of amides is 1. The van der Waals surface area contributed by atoms with Crippen molar-refractivity contribution in [2.24, 2.45) is 5.84 Å². The van der Waals surface area contributed by atoms with Crippen molar-refractivity contribution in [1.82, 2.24) is 15.9 Å². The van der Waals surface area contributed by atoms with Crippen LogP contribution in [0.15, 0.2) is 36.4 Å². The molecule has 0 aliphatic carbocycles. The summed E-state index contributed by atoms with van der Waals surface area (Å²) < 4.78 is 36.0. The fourth-order valence-corrected chi connectivity index (χ4v) is 1.95. The molecule has 1 heterocycles. The molecule has 0 saturated heterocycles. The number of methoxy groups -OCH3 is 1. The first-order valence-electron chi connectivity index (χ1n) is 7.43. The number of halogens is 2. The van der Waals surface area contributed by atoms with Gasteiger partial charge in [-0.05, 0) is 18.2 Å². The van der Waals surface area contributed by atoms with Gasteiger partial charge >= 0.3 is 0 Å². The number of alkyl halides is 2. The van der Waals surface area contributed by atoms with Gasteiger partial charge in [-0.25, -0.2) is 13.8 Å². The molecule has 8 nitrogen and oxygen atoms in total. The second-order valence-electron chi connectivity index (χ2n) is 4.63. The van der Waals surface area contributed by atoms with Crippen molar-refractivity contribution >= 4 is 12.1 Å². The molecule has 0 aliphatic rings. The minimum absolute atomic E-state index is 0.153. The van der Waals surface area contributed by atoms with Crippen LogP contribution < -0.4 is 31.6 Å². The second kappa shape index (κ2) is 11.6. The third-order valence-electron chi connectivity index (χ3n) is 3.10. The van der Waals surface area contributed by atoms with Gasteiger partial charge in [0.2, 0.25) is 12.3 Å². The van der Waals surface area contributed by atoms with Gasteiger partial charge in [0.15, 0.2) is 0 Å². The van der Waals surface area contributed by atoms with Crippen LogP contribution in [0.2, 0.25) is 0 Å². The van der Waals surface area contributed by atoms with Gasteiger partial charge < -0.3 is 14.8 Å². The summed E-state index contributed by atoms with van der Waals surface area (Å²) in [5, 5.41) is 3.04. The zero-order chi connectivity index (χ0) is 19.4. The first-order chi connectivity index (χ1) is 12.6. The smallest absolute Gasteiger partial charge is 0.280 e. The summed E-state index contributed by atoms with van der Waals surface area (Å²) in [7, 11) is 3.35. The van der Waals surface area contributed by atoms with Gasteiger partial charge in [0.25, 0.3) is 6.43 Å². The Balaban J connectivity index is 0.000000597. The number of nitrogens with zero attached hydrogens (tertiary/aromatic N) is 1. The fraction of sp³-hybridized carbons (Fsp3) is 0.250. The lowest BCUT2D eigenvalue weighted by molar-refractivity contribution is -0.110. The third-order valence-corrected chi connectivity index (χ3v) is 3.10. The van der Waals surface area contributed by atoms with Crippen molar-refractivity contribution in [3.8, 4) is 11.6 Å². The standard InChI is InChI=1S/C15H16F2N2O2.CH5N3O/c1-18-11-5-3-7-13(20-2)10(11)9-21-14-8-4-6-12(19-14)15(16)17;2-4-3-1-5/h3-8,15,18H,9H2,1-2H3;1,4H,2H2,(H,3,5). The molecule has 1 aromatic heterocycles. The van der Waals surface area contributed by atoms with E-state index in [-0.39, 0.29) is 18.2 Å². The SMILES string of the molecule is CNc1cccc(OC)c1COc1cccc(C(F)F)n1.NNNC=O. The molecule has 26 heavy (non-hydrogen) atoms. The number of benzene rings is 1. The summed E-state index contributed by atoms with van der Waals surface area (Å²) in [5.74, 6) is 5.36. The summed E-state index contributed by atoms with van der Waals surface area (Å²) in [4.78, 5) is 12.9. The maximum atomic E-state index is 12.6. The molecule has 0 aliphatic heterocycles. The maximum Gasteiger partial charge on any atom is 0.280 e. The Morgan fingerprint density at radius 1 is 1.27 bits per heavy atom. The number of rotatable bonds is 8. The number of nitrogens with one attached hydrogen (secondary N) is 3. The monoisotopic (exact) mass is 369 g/mol. The molecule has 10 heteroatoms. The van der Waals surface area contributed by atoms with E-state index in [9.17, 15) is 8.78 Å². The van der Waals surface area contributed by atoms with Crippen LogP contribution in [0.5, 0.6) is 11.6 Å².